The van der Waals surface area contributed by atoms with Gasteiger partial charge in [-0.05, 0) is 33.2 Å². The lowest BCUT2D eigenvalue weighted by Crippen LogP contribution is -2.55. The van der Waals surface area contributed by atoms with E-state index < -0.39 is 0 Å². The van der Waals surface area contributed by atoms with E-state index in [1.165, 1.54) is 6.42 Å². The standard InChI is InChI=1S/C10H21N3O/c1-7(11)9-5-3-4-6-13(9)8(2)10(12)14/h7-9H,3-6,11H2,1-2H3,(H2,12,14). The summed E-state index contributed by atoms with van der Waals surface area (Å²) in [6, 6.07) is 0.231. The number of hydrogen-bond acceptors (Lipinski definition) is 3. The number of piperidine rings is 1. The summed E-state index contributed by atoms with van der Waals surface area (Å²) in [4.78, 5) is 13.3. The van der Waals surface area contributed by atoms with Crippen molar-refractivity contribution in [1.82, 2.24) is 4.90 Å². The molecule has 3 atom stereocenters. The molecular formula is C10H21N3O. The third-order valence-corrected chi connectivity index (χ3v) is 3.11. The molecule has 1 fully saturated rings. The quantitative estimate of drug-likeness (QED) is 0.675. The second-order valence-corrected chi connectivity index (χ2v) is 4.24. The molecule has 3 unspecified atom stereocenters. The van der Waals surface area contributed by atoms with E-state index in [1.807, 2.05) is 13.8 Å². The van der Waals surface area contributed by atoms with Crippen LogP contribution in [0.25, 0.3) is 0 Å². The summed E-state index contributed by atoms with van der Waals surface area (Å²) in [6.45, 7) is 4.80. The molecule has 0 bridgehead atoms. The van der Waals surface area contributed by atoms with Crippen LogP contribution in [-0.2, 0) is 4.79 Å². The number of primary amides is 1. The van der Waals surface area contributed by atoms with Gasteiger partial charge >= 0.3 is 0 Å². The van der Waals surface area contributed by atoms with Gasteiger partial charge in [-0.2, -0.15) is 0 Å². The predicted octanol–water partition coefficient (Wildman–Crippen LogP) is 0.0619. The fourth-order valence-corrected chi connectivity index (χ4v) is 2.19. The van der Waals surface area contributed by atoms with E-state index >= 15 is 0 Å². The Labute approximate surface area is 85.6 Å². The van der Waals surface area contributed by atoms with Gasteiger partial charge in [-0.3, -0.25) is 9.69 Å². The van der Waals surface area contributed by atoms with Crippen LogP contribution in [-0.4, -0.2) is 35.5 Å². The van der Waals surface area contributed by atoms with Crippen LogP contribution < -0.4 is 11.5 Å². The van der Waals surface area contributed by atoms with E-state index in [-0.39, 0.29) is 18.0 Å². The lowest BCUT2D eigenvalue weighted by atomic mass is 9.95. The van der Waals surface area contributed by atoms with E-state index in [2.05, 4.69) is 4.90 Å². The minimum Gasteiger partial charge on any atom is -0.368 e. The zero-order valence-electron chi connectivity index (χ0n) is 9.07. The maximum absolute atomic E-state index is 11.1. The molecule has 1 heterocycles. The van der Waals surface area contributed by atoms with Crippen LogP contribution in [0.3, 0.4) is 0 Å². The molecule has 1 amide bonds. The first-order valence-corrected chi connectivity index (χ1v) is 5.34. The van der Waals surface area contributed by atoms with Crippen LogP contribution in [0, 0.1) is 0 Å². The van der Waals surface area contributed by atoms with Crippen LogP contribution in [0.5, 0.6) is 0 Å². The number of amides is 1. The molecular weight excluding hydrogens is 178 g/mol. The smallest absolute Gasteiger partial charge is 0.234 e. The minimum absolute atomic E-state index is 0.108. The molecule has 4 N–H and O–H groups in total. The molecule has 0 aromatic heterocycles. The molecule has 1 rings (SSSR count). The van der Waals surface area contributed by atoms with Gasteiger partial charge < -0.3 is 11.5 Å². The van der Waals surface area contributed by atoms with Crippen LogP contribution in [0.1, 0.15) is 33.1 Å². The Bertz CT molecular complexity index is 206. The van der Waals surface area contributed by atoms with E-state index in [0.29, 0.717) is 6.04 Å². The molecule has 14 heavy (non-hydrogen) atoms. The Morgan fingerprint density at radius 1 is 1.43 bits per heavy atom. The van der Waals surface area contributed by atoms with Crippen molar-refractivity contribution in [3.8, 4) is 0 Å². The number of nitrogens with zero attached hydrogens (tertiary/aromatic N) is 1. The molecule has 0 spiro atoms. The van der Waals surface area contributed by atoms with Crippen LogP contribution in [0.4, 0.5) is 0 Å². The minimum atomic E-state index is -0.252. The number of likely N-dealkylation sites (tertiary alicyclic amines) is 1. The predicted molar refractivity (Wildman–Crippen MR) is 56.7 cm³/mol. The summed E-state index contributed by atoms with van der Waals surface area (Å²) < 4.78 is 0. The third kappa shape index (κ3) is 2.45. The Hall–Kier alpha value is -0.610. The Morgan fingerprint density at radius 2 is 2.07 bits per heavy atom. The van der Waals surface area contributed by atoms with Crippen LogP contribution in [0.15, 0.2) is 0 Å². The van der Waals surface area contributed by atoms with Gasteiger partial charge in [0.15, 0.2) is 0 Å². The van der Waals surface area contributed by atoms with Crippen molar-refractivity contribution in [2.45, 2.75) is 51.2 Å². The molecule has 0 radical (unpaired) electrons. The molecule has 0 aliphatic carbocycles. The third-order valence-electron chi connectivity index (χ3n) is 3.11. The zero-order valence-corrected chi connectivity index (χ0v) is 9.07. The molecule has 0 aromatic carbocycles. The average molecular weight is 199 g/mol. The van der Waals surface area contributed by atoms with Gasteiger partial charge in [-0.1, -0.05) is 6.42 Å². The largest absolute Gasteiger partial charge is 0.368 e. The van der Waals surface area contributed by atoms with Gasteiger partial charge in [0.25, 0.3) is 0 Å². The highest BCUT2D eigenvalue weighted by Crippen LogP contribution is 2.21. The SMILES string of the molecule is CC(N)C1CCCCN1C(C)C(N)=O. The van der Waals surface area contributed by atoms with Crippen molar-refractivity contribution in [3.05, 3.63) is 0 Å². The van der Waals surface area contributed by atoms with E-state index in [4.69, 9.17) is 11.5 Å². The van der Waals surface area contributed by atoms with Crippen molar-refractivity contribution < 1.29 is 4.79 Å². The second kappa shape index (κ2) is 4.75. The van der Waals surface area contributed by atoms with Gasteiger partial charge in [-0.25, -0.2) is 0 Å². The van der Waals surface area contributed by atoms with Gasteiger partial charge in [0.05, 0.1) is 6.04 Å². The summed E-state index contributed by atoms with van der Waals surface area (Å²) >= 11 is 0. The maximum atomic E-state index is 11.1. The Balaban J connectivity index is 2.67. The summed E-state index contributed by atoms with van der Waals surface area (Å²) in [5.74, 6) is -0.252. The zero-order chi connectivity index (χ0) is 10.7. The van der Waals surface area contributed by atoms with Gasteiger partial charge in [0.2, 0.25) is 5.91 Å². The Morgan fingerprint density at radius 3 is 2.57 bits per heavy atom. The number of carbonyl (C=O) groups is 1. The number of rotatable bonds is 3. The second-order valence-electron chi connectivity index (χ2n) is 4.24. The van der Waals surface area contributed by atoms with Crippen molar-refractivity contribution in [2.75, 3.05) is 6.54 Å². The number of nitrogens with two attached hydrogens (primary N) is 2. The lowest BCUT2D eigenvalue weighted by Gasteiger charge is -2.40. The van der Waals surface area contributed by atoms with Crippen molar-refractivity contribution in [2.24, 2.45) is 11.5 Å². The number of carbonyl (C=O) groups excluding carboxylic acids is 1. The molecule has 1 aliphatic heterocycles. The maximum Gasteiger partial charge on any atom is 0.234 e. The van der Waals surface area contributed by atoms with Crippen molar-refractivity contribution in [3.63, 3.8) is 0 Å². The molecule has 0 aromatic rings. The van der Waals surface area contributed by atoms with Gasteiger partial charge in [0, 0.05) is 12.1 Å². The summed E-state index contributed by atoms with van der Waals surface area (Å²) in [5, 5.41) is 0. The highest BCUT2D eigenvalue weighted by molar-refractivity contribution is 5.79. The molecule has 0 saturated carbocycles. The van der Waals surface area contributed by atoms with Crippen molar-refractivity contribution in [1.29, 1.82) is 0 Å². The molecule has 4 heteroatoms. The van der Waals surface area contributed by atoms with E-state index in [1.54, 1.807) is 0 Å². The lowest BCUT2D eigenvalue weighted by molar-refractivity contribution is -0.124. The highest BCUT2D eigenvalue weighted by Gasteiger charge is 2.30. The summed E-state index contributed by atoms with van der Waals surface area (Å²) in [6.07, 6.45) is 3.42. The molecule has 82 valence electrons. The fourth-order valence-electron chi connectivity index (χ4n) is 2.19. The summed E-state index contributed by atoms with van der Waals surface area (Å²) in [5.41, 5.74) is 11.2. The topological polar surface area (TPSA) is 72.3 Å². The highest BCUT2D eigenvalue weighted by atomic mass is 16.1. The first-order valence-electron chi connectivity index (χ1n) is 5.34. The normalized spacial score (nSPS) is 28.4. The van der Waals surface area contributed by atoms with Gasteiger partial charge in [0.1, 0.15) is 0 Å². The Kier molecular flexibility index (Phi) is 3.89. The van der Waals surface area contributed by atoms with E-state index in [0.717, 1.165) is 19.4 Å². The molecule has 1 aliphatic rings. The summed E-state index contributed by atoms with van der Waals surface area (Å²) in [7, 11) is 0. The molecule has 1 saturated heterocycles. The molecule has 4 nitrogen and oxygen atoms in total. The average Bonchev–Trinajstić information content (AvgIpc) is 2.16. The van der Waals surface area contributed by atoms with Crippen LogP contribution in [0.2, 0.25) is 0 Å². The fraction of sp³-hybridized carbons (Fsp3) is 0.900. The van der Waals surface area contributed by atoms with E-state index in [9.17, 15) is 4.79 Å². The number of hydrogen-bond donors (Lipinski definition) is 2. The monoisotopic (exact) mass is 199 g/mol. The van der Waals surface area contributed by atoms with Crippen molar-refractivity contribution >= 4 is 5.91 Å². The van der Waals surface area contributed by atoms with Crippen LogP contribution >= 0.6 is 0 Å². The first-order chi connectivity index (χ1) is 6.54. The first kappa shape index (κ1) is 11.5. The van der Waals surface area contributed by atoms with Gasteiger partial charge in [-0.15, -0.1) is 0 Å².